The molecule has 1 rings (SSSR count). The maximum absolute atomic E-state index is 11.9. The van der Waals surface area contributed by atoms with Crippen molar-refractivity contribution in [3.8, 4) is 5.75 Å². The van der Waals surface area contributed by atoms with Crippen LogP contribution in [0.4, 0.5) is 0 Å². The summed E-state index contributed by atoms with van der Waals surface area (Å²) in [6, 6.07) is 5.38. The predicted octanol–water partition coefficient (Wildman–Crippen LogP) is 2.91. The van der Waals surface area contributed by atoms with Gasteiger partial charge in [-0.15, -0.1) is 0 Å². The van der Waals surface area contributed by atoms with Gasteiger partial charge < -0.3 is 14.7 Å². The normalized spacial score (nSPS) is 10.2. The van der Waals surface area contributed by atoms with Crippen LogP contribution < -0.4 is 4.74 Å². The third-order valence-corrected chi connectivity index (χ3v) is 3.69. The molecule has 0 heterocycles. The highest BCUT2D eigenvalue weighted by Crippen LogP contribution is 2.28. The number of carboxylic acids is 1. The number of carboxylic acid groups (broad SMARTS) is 1. The SMILES string of the molecule is CCN(CCC(=O)O)C(=O)COc1ccc(Br)cc1Br. The number of hydrogen-bond acceptors (Lipinski definition) is 3. The number of ether oxygens (including phenoxy) is 1. The quantitative estimate of drug-likeness (QED) is 0.753. The molecule has 0 saturated carbocycles. The molecular weight excluding hydrogens is 394 g/mol. The van der Waals surface area contributed by atoms with Crippen LogP contribution in [0, 0.1) is 0 Å². The molecule has 0 atom stereocenters. The van der Waals surface area contributed by atoms with Gasteiger partial charge in [-0.3, -0.25) is 9.59 Å². The Labute approximate surface area is 134 Å². The number of rotatable bonds is 7. The molecule has 5 nitrogen and oxygen atoms in total. The monoisotopic (exact) mass is 407 g/mol. The Morgan fingerprint density at radius 2 is 2.05 bits per heavy atom. The van der Waals surface area contributed by atoms with Crippen molar-refractivity contribution < 1.29 is 19.4 Å². The van der Waals surface area contributed by atoms with E-state index in [0.717, 1.165) is 8.95 Å². The van der Waals surface area contributed by atoms with E-state index in [-0.39, 0.29) is 25.5 Å². The Bertz CT molecular complexity index is 493. The Hall–Kier alpha value is -1.08. The molecule has 0 aliphatic heterocycles. The highest BCUT2D eigenvalue weighted by molar-refractivity contribution is 9.11. The van der Waals surface area contributed by atoms with E-state index in [4.69, 9.17) is 9.84 Å². The van der Waals surface area contributed by atoms with Crippen molar-refractivity contribution in [1.82, 2.24) is 4.90 Å². The summed E-state index contributed by atoms with van der Waals surface area (Å²) in [5.41, 5.74) is 0. The Kier molecular flexibility index (Phi) is 7.01. The van der Waals surface area contributed by atoms with Gasteiger partial charge in [-0.25, -0.2) is 0 Å². The van der Waals surface area contributed by atoms with Gasteiger partial charge in [0.1, 0.15) is 5.75 Å². The van der Waals surface area contributed by atoms with Crippen LogP contribution in [0.3, 0.4) is 0 Å². The van der Waals surface area contributed by atoms with Crippen molar-refractivity contribution in [1.29, 1.82) is 0 Å². The molecule has 110 valence electrons. The van der Waals surface area contributed by atoms with Gasteiger partial charge in [-0.1, -0.05) is 15.9 Å². The summed E-state index contributed by atoms with van der Waals surface area (Å²) in [5, 5.41) is 8.63. The molecule has 0 aliphatic carbocycles. The molecule has 0 aromatic heterocycles. The minimum Gasteiger partial charge on any atom is -0.483 e. The summed E-state index contributed by atoms with van der Waals surface area (Å²) in [4.78, 5) is 23.9. The number of carbonyl (C=O) groups excluding carboxylic acids is 1. The van der Waals surface area contributed by atoms with Crippen molar-refractivity contribution >= 4 is 43.7 Å². The second kappa shape index (κ2) is 8.26. The summed E-state index contributed by atoms with van der Waals surface area (Å²) in [7, 11) is 0. The lowest BCUT2D eigenvalue weighted by molar-refractivity contribution is -0.139. The van der Waals surface area contributed by atoms with E-state index in [1.165, 1.54) is 4.90 Å². The molecule has 0 radical (unpaired) electrons. The third kappa shape index (κ3) is 5.50. The topological polar surface area (TPSA) is 66.8 Å². The van der Waals surface area contributed by atoms with Crippen LogP contribution in [0.15, 0.2) is 27.1 Å². The average molecular weight is 409 g/mol. The minimum absolute atomic E-state index is 0.0679. The molecule has 0 bridgehead atoms. The predicted molar refractivity (Wildman–Crippen MR) is 81.8 cm³/mol. The van der Waals surface area contributed by atoms with Crippen LogP contribution in [0.2, 0.25) is 0 Å². The van der Waals surface area contributed by atoms with E-state index in [0.29, 0.717) is 12.3 Å². The molecule has 20 heavy (non-hydrogen) atoms. The zero-order valence-electron chi connectivity index (χ0n) is 10.9. The van der Waals surface area contributed by atoms with Gasteiger partial charge in [0, 0.05) is 17.6 Å². The van der Waals surface area contributed by atoms with Crippen LogP contribution in [0.5, 0.6) is 5.75 Å². The van der Waals surface area contributed by atoms with Crippen LogP contribution >= 0.6 is 31.9 Å². The Balaban J connectivity index is 2.54. The summed E-state index contributed by atoms with van der Waals surface area (Å²) >= 11 is 6.67. The molecular formula is C13H15Br2NO4. The first-order chi connectivity index (χ1) is 9.43. The number of benzene rings is 1. The van der Waals surface area contributed by atoms with E-state index in [1.807, 2.05) is 12.1 Å². The van der Waals surface area contributed by atoms with Crippen LogP contribution in [-0.2, 0) is 9.59 Å². The van der Waals surface area contributed by atoms with E-state index in [9.17, 15) is 9.59 Å². The molecule has 0 unspecified atom stereocenters. The molecule has 1 aromatic carbocycles. The summed E-state index contributed by atoms with van der Waals surface area (Å²) in [6.07, 6.45) is -0.0679. The van der Waals surface area contributed by atoms with Crippen molar-refractivity contribution in [2.75, 3.05) is 19.7 Å². The molecule has 0 spiro atoms. The lowest BCUT2D eigenvalue weighted by Crippen LogP contribution is -2.36. The first-order valence-corrected chi connectivity index (χ1v) is 7.60. The molecule has 0 fully saturated rings. The summed E-state index contributed by atoms with van der Waals surface area (Å²) in [5.74, 6) is -0.591. The first kappa shape index (κ1) is 17.0. The highest BCUT2D eigenvalue weighted by Gasteiger charge is 2.14. The van der Waals surface area contributed by atoms with E-state index >= 15 is 0 Å². The van der Waals surface area contributed by atoms with Gasteiger partial charge in [0.15, 0.2) is 6.61 Å². The zero-order valence-corrected chi connectivity index (χ0v) is 14.1. The highest BCUT2D eigenvalue weighted by atomic mass is 79.9. The van der Waals surface area contributed by atoms with Gasteiger partial charge >= 0.3 is 5.97 Å². The number of amides is 1. The average Bonchev–Trinajstić information content (AvgIpc) is 2.38. The fraction of sp³-hybridized carbons (Fsp3) is 0.385. The van der Waals surface area contributed by atoms with Crippen LogP contribution in [0.1, 0.15) is 13.3 Å². The Morgan fingerprint density at radius 3 is 2.60 bits per heavy atom. The molecule has 7 heteroatoms. The number of likely N-dealkylation sites (N-methyl/N-ethyl adjacent to an activating group) is 1. The van der Waals surface area contributed by atoms with Crippen LogP contribution in [-0.4, -0.2) is 41.6 Å². The van der Waals surface area contributed by atoms with Gasteiger partial charge in [-0.2, -0.15) is 0 Å². The molecule has 1 N–H and O–H groups in total. The molecule has 0 saturated heterocycles. The number of aliphatic carboxylic acids is 1. The number of nitrogens with zero attached hydrogens (tertiary/aromatic N) is 1. The maximum atomic E-state index is 11.9. The summed E-state index contributed by atoms with van der Waals surface area (Å²) < 4.78 is 7.08. The first-order valence-electron chi connectivity index (χ1n) is 6.01. The fourth-order valence-electron chi connectivity index (χ4n) is 1.51. The number of carbonyl (C=O) groups is 2. The number of hydrogen-bond donors (Lipinski definition) is 1. The van der Waals surface area contributed by atoms with E-state index in [2.05, 4.69) is 31.9 Å². The van der Waals surface area contributed by atoms with Crippen molar-refractivity contribution in [3.05, 3.63) is 27.1 Å². The smallest absolute Gasteiger partial charge is 0.305 e. The van der Waals surface area contributed by atoms with Crippen molar-refractivity contribution in [3.63, 3.8) is 0 Å². The van der Waals surface area contributed by atoms with Crippen LogP contribution in [0.25, 0.3) is 0 Å². The second-order valence-corrected chi connectivity index (χ2v) is 5.75. The lowest BCUT2D eigenvalue weighted by atomic mass is 10.3. The molecule has 1 amide bonds. The fourth-order valence-corrected chi connectivity index (χ4v) is 2.67. The van der Waals surface area contributed by atoms with Crippen molar-refractivity contribution in [2.24, 2.45) is 0 Å². The zero-order chi connectivity index (χ0) is 15.1. The van der Waals surface area contributed by atoms with Gasteiger partial charge in [-0.05, 0) is 41.1 Å². The van der Waals surface area contributed by atoms with E-state index < -0.39 is 5.97 Å². The molecule has 0 aliphatic rings. The number of halogens is 2. The van der Waals surface area contributed by atoms with Gasteiger partial charge in [0.25, 0.3) is 5.91 Å². The minimum atomic E-state index is -0.923. The molecule has 1 aromatic rings. The standard InChI is InChI=1S/C13H15Br2NO4/c1-2-16(6-5-13(18)19)12(17)8-20-11-4-3-9(14)7-10(11)15/h3-4,7H,2,5-6,8H2,1H3,(H,18,19). The largest absolute Gasteiger partial charge is 0.483 e. The second-order valence-electron chi connectivity index (χ2n) is 3.98. The lowest BCUT2D eigenvalue weighted by Gasteiger charge is -2.20. The Morgan fingerprint density at radius 1 is 1.35 bits per heavy atom. The van der Waals surface area contributed by atoms with E-state index in [1.54, 1.807) is 13.0 Å². The van der Waals surface area contributed by atoms with Gasteiger partial charge in [0.05, 0.1) is 10.9 Å². The third-order valence-electron chi connectivity index (χ3n) is 2.58. The van der Waals surface area contributed by atoms with Crippen molar-refractivity contribution in [2.45, 2.75) is 13.3 Å². The summed E-state index contributed by atoms with van der Waals surface area (Å²) in [6.45, 7) is 2.33. The maximum Gasteiger partial charge on any atom is 0.305 e. The van der Waals surface area contributed by atoms with Gasteiger partial charge in [0.2, 0.25) is 0 Å².